The number of anilines is 1. The molecule has 31 heavy (non-hydrogen) atoms. The summed E-state index contributed by atoms with van der Waals surface area (Å²) in [4.78, 5) is 17.1. The first-order valence-electron chi connectivity index (χ1n) is 10.2. The van der Waals surface area contributed by atoms with E-state index in [1.54, 1.807) is 19.1 Å². The summed E-state index contributed by atoms with van der Waals surface area (Å²) in [6.07, 6.45) is 1.21. The summed E-state index contributed by atoms with van der Waals surface area (Å²) in [7, 11) is 3.16. The van der Waals surface area contributed by atoms with E-state index in [1.165, 1.54) is 17.3 Å². The van der Waals surface area contributed by atoms with Gasteiger partial charge in [0.2, 0.25) is 5.91 Å². The predicted octanol–water partition coefficient (Wildman–Crippen LogP) is 4.49. The number of para-hydroxylation sites is 1. The Kier molecular flexibility index (Phi) is 6.10. The molecule has 0 saturated carbocycles. The first-order chi connectivity index (χ1) is 15.1. The van der Waals surface area contributed by atoms with Gasteiger partial charge >= 0.3 is 0 Å². The number of rotatable bonds is 5. The minimum atomic E-state index is -0.350. The highest BCUT2D eigenvalue weighted by molar-refractivity contribution is 8.03. The fraction of sp³-hybridized carbons (Fsp3) is 0.333. The first-order valence-corrected chi connectivity index (χ1v) is 11.2. The van der Waals surface area contributed by atoms with Gasteiger partial charge in [0.15, 0.2) is 11.5 Å². The molecule has 0 aromatic heterocycles. The zero-order valence-corrected chi connectivity index (χ0v) is 18.7. The van der Waals surface area contributed by atoms with E-state index >= 15 is 0 Å². The number of aryl methyl sites for hydroxylation is 1. The molecule has 1 fully saturated rings. The lowest BCUT2D eigenvalue weighted by Gasteiger charge is -2.42. The van der Waals surface area contributed by atoms with Crippen molar-refractivity contribution in [3.63, 3.8) is 0 Å². The number of amides is 1. The summed E-state index contributed by atoms with van der Waals surface area (Å²) in [5.74, 6) is 1.50. The van der Waals surface area contributed by atoms with Crippen LogP contribution in [-0.2, 0) is 11.2 Å². The number of hydrogen-bond acceptors (Lipinski definition) is 6. The number of ether oxygens (including phenoxy) is 2. The third-order valence-corrected chi connectivity index (χ3v) is 6.97. The Labute approximate surface area is 187 Å². The first kappa shape index (κ1) is 21.1. The maximum Gasteiger partial charge on any atom is 0.229 e. The summed E-state index contributed by atoms with van der Waals surface area (Å²) in [6.45, 7) is 2.58. The molecule has 160 valence electrons. The van der Waals surface area contributed by atoms with E-state index in [0.29, 0.717) is 29.6 Å². The SMILES string of the molecule is CCc1ccc(N2CSC3=C(C#N)[C@@H](c4cccc(OC)c4OC)CC(=O)N3C2)cc1. The van der Waals surface area contributed by atoms with Gasteiger partial charge in [-0.15, -0.1) is 0 Å². The Balaban J connectivity index is 1.68. The molecule has 2 aliphatic rings. The lowest BCUT2D eigenvalue weighted by atomic mass is 9.85. The molecule has 0 radical (unpaired) electrons. The molecule has 6 nitrogen and oxygen atoms in total. The molecule has 0 unspecified atom stereocenters. The van der Waals surface area contributed by atoms with Gasteiger partial charge < -0.3 is 14.4 Å². The maximum atomic E-state index is 13.2. The van der Waals surface area contributed by atoms with Crippen molar-refractivity contribution in [2.45, 2.75) is 25.7 Å². The Bertz CT molecular complexity index is 1060. The van der Waals surface area contributed by atoms with Crippen molar-refractivity contribution in [1.29, 1.82) is 5.26 Å². The van der Waals surface area contributed by atoms with Gasteiger partial charge in [0.05, 0.1) is 43.4 Å². The van der Waals surface area contributed by atoms with E-state index in [-0.39, 0.29) is 18.2 Å². The van der Waals surface area contributed by atoms with Crippen molar-refractivity contribution in [3.8, 4) is 17.6 Å². The molecule has 0 aliphatic carbocycles. The monoisotopic (exact) mass is 435 g/mol. The van der Waals surface area contributed by atoms with E-state index in [1.807, 2.05) is 18.2 Å². The number of fused-ring (bicyclic) bond motifs is 1. The van der Waals surface area contributed by atoms with Crippen molar-refractivity contribution < 1.29 is 14.3 Å². The van der Waals surface area contributed by atoms with Crippen LogP contribution in [0.3, 0.4) is 0 Å². The van der Waals surface area contributed by atoms with Crippen LogP contribution in [0.2, 0.25) is 0 Å². The maximum absolute atomic E-state index is 13.2. The van der Waals surface area contributed by atoms with Crippen molar-refractivity contribution >= 4 is 23.4 Å². The Morgan fingerprint density at radius 1 is 1.16 bits per heavy atom. The van der Waals surface area contributed by atoms with Crippen LogP contribution < -0.4 is 14.4 Å². The molecular formula is C24H25N3O3S. The third kappa shape index (κ3) is 3.84. The fourth-order valence-corrected chi connectivity index (χ4v) is 5.29. The highest BCUT2D eigenvalue weighted by atomic mass is 32.2. The van der Waals surface area contributed by atoms with Gasteiger partial charge in [-0.2, -0.15) is 5.26 Å². The van der Waals surface area contributed by atoms with Crippen molar-refractivity contribution in [2.24, 2.45) is 0 Å². The Morgan fingerprint density at radius 2 is 1.94 bits per heavy atom. The Hall–Kier alpha value is -3.11. The number of nitriles is 1. The van der Waals surface area contributed by atoms with Gasteiger partial charge in [-0.3, -0.25) is 9.69 Å². The number of carbonyl (C=O) groups is 1. The second-order valence-electron chi connectivity index (χ2n) is 7.47. The summed E-state index contributed by atoms with van der Waals surface area (Å²) < 4.78 is 11.0. The molecule has 2 aliphatic heterocycles. The van der Waals surface area contributed by atoms with Crippen molar-refractivity contribution in [1.82, 2.24) is 4.90 Å². The summed E-state index contributed by atoms with van der Waals surface area (Å²) in [6, 6.07) is 16.4. The average molecular weight is 436 g/mol. The van der Waals surface area contributed by atoms with Gasteiger partial charge in [-0.25, -0.2) is 0 Å². The van der Waals surface area contributed by atoms with Gasteiger partial charge in [-0.1, -0.05) is 43.0 Å². The molecule has 0 spiro atoms. The number of methoxy groups -OCH3 is 2. The number of carbonyl (C=O) groups excluding carboxylic acids is 1. The fourth-order valence-electron chi connectivity index (χ4n) is 4.12. The van der Waals surface area contributed by atoms with E-state index in [2.05, 4.69) is 42.2 Å². The molecule has 2 aromatic rings. The molecule has 0 N–H and O–H groups in total. The zero-order chi connectivity index (χ0) is 22.0. The van der Waals surface area contributed by atoms with Crippen LogP contribution in [0, 0.1) is 11.3 Å². The van der Waals surface area contributed by atoms with Crippen LogP contribution in [-0.4, -0.2) is 37.6 Å². The molecule has 1 amide bonds. The van der Waals surface area contributed by atoms with Crippen LogP contribution in [0.5, 0.6) is 11.5 Å². The lowest BCUT2D eigenvalue weighted by molar-refractivity contribution is -0.129. The van der Waals surface area contributed by atoms with E-state index in [0.717, 1.165) is 22.7 Å². The van der Waals surface area contributed by atoms with Gasteiger partial charge in [-0.05, 0) is 30.2 Å². The standard InChI is InChI=1S/C24H25N3O3S/c1-4-16-8-10-17(11-9-16)26-14-27-22(28)12-19(20(13-25)24(27)31-15-26)18-6-5-7-21(29-2)23(18)30-3/h5-11,19H,4,12,14-15H2,1-3H3/t19-/m1/s1. The second kappa shape index (κ2) is 8.94. The smallest absolute Gasteiger partial charge is 0.229 e. The summed E-state index contributed by atoms with van der Waals surface area (Å²) >= 11 is 1.53. The largest absolute Gasteiger partial charge is 0.493 e. The van der Waals surface area contributed by atoms with Crippen LogP contribution >= 0.6 is 11.8 Å². The Morgan fingerprint density at radius 3 is 2.58 bits per heavy atom. The van der Waals surface area contributed by atoms with E-state index in [9.17, 15) is 10.1 Å². The third-order valence-electron chi connectivity index (χ3n) is 5.81. The highest BCUT2D eigenvalue weighted by Crippen LogP contribution is 2.47. The molecule has 1 atom stereocenters. The van der Waals surface area contributed by atoms with Crippen LogP contribution in [0.1, 0.15) is 30.4 Å². The molecular weight excluding hydrogens is 410 g/mol. The van der Waals surface area contributed by atoms with E-state index in [4.69, 9.17) is 9.47 Å². The number of nitrogens with zero attached hydrogens (tertiary/aromatic N) is 3. The number of allylic oxidation sites excluding steroid dienone is 1. The average Bonchev–Trinajstić information content (AvgIpc) is 2.83. The quantitative estimate of drug-likeness (QED) is 0.690. The molecule has 7 heteroatoms. The zero-order valence-electron chi connectivity index (χ0n) is 17.9. The van der Waals surface area contributed by atoms with Crippen LogP contribution in [0.15, 0.2) is 53.1 Å². The lowest BCUT2D eigenvalue weighted by Crippen LogP contribution is -2.47. The van der Waals surface area contributed by atoms with Crippen molar-refractivity contribution in [3.05, 3.63) is 64.2 Å². The molecule has 2 aromatic carbocycles. The molecule has 4 rings (SSSR count). The minimum absolute atomic E-state index is 0.00579. The molecule has 2 heterocycles. The van der Waals surface area contributed by atoms with E-state index < -0.39 is 0 Å². The van der Waals surface area contributed by atoms with Gasteiger partial charge in [0, 0.05) is 23.6 Å². The van der Waals surface area contributed by atoms with Crippen molar-refractivity contribution in [2.75, 3.05) is 31.7 Å². The van der Waals surface area contributed by atoms with Crippen LogP contribution in [0.4, 0.5) is 5.69 Å². The number of benzene rings is 2. The summed E-state index contributed by atoms with van der Waals surface area (Å²) in [5, 5.41) is 10.8. The summed E-state index contributed by atoms with van der Waals surface area (Å²) in [5.41, 5.74) is 3.77. The molecule has 0 bridgehead atoms. The van der Waals surface area contributed by atoms with Gasteiger partial charge in [0.25, 0.3) is 0 Å². The highest BCUT2D eigenvalue weighted by Gasteiger charge is 2.39. The number of hydrogen-bond donors (Lipinski definition) is 0. The number of thioether (sulfide) groups is 1. The normalized spacial score (nSPS) is 18.5. The van der Waals surface area contributed by atoms with Crippen LogP contribution in [0.25, 0.3) is 0 Å². The second-order valence-corrected chi connectivity index (χ2v) is 8.40. The van der Waals surface area contributed by atoms with Gasteiger partial charge in [0.1, 0.15) is 0 Å². The predicted molar refractivity (Wildman–Crippen MR) is 122 cm³/mol. The topological polar surface area (TPSA) is 65.8 Å². The molecule has 1 saturated heterocycles. The minimum Gasteiger partial charge on any atom is -0.493 e.